The quantitative estimate of drug-likeness (QED) is 0.928. The van der Waals surface area contributed by atoms with Crippen molar-refractivity contribution in [3.05, 3.63) is 42.1 Å². The summed E-state index contributed by atoms with van der Waals surface area (Å²) in [5.41, 5.74) is 3.06. The maximum absolute atomic E-state index is 4.72. The summed E-state index contributed by atoms with van der Waals surface area (Å²) in [6.07, 6.45) is 7.13. The fourth-order valence-electron chi connectivity index (χ4n) is 2.74. The van der Waals surface area contributed by atoms with Gasteiger partial charge in [0.25, 0.3) is 0 Å². The van der Waals surface area contributed by atoms with E-state index in [0.717, 1.165) is 42.3 Å². The van der Waals surface area contributed by atoms with Gasteiger partial charge in [-0.15, -0.1) is 0 Å². The zero-order valence-electron chi connectivity index (χ0n) is 11.8. The molecule has 1 aliphatic heterocycles. The summed E-state index contributed by atoms with van der Waals surface area (Å²) in [6.45, 7) is 4.26. The van der Waals surface area contributed by atoms with Crippen molar-refractivity contribution in [2.75, 3.05) is 13.1 Å². The van der Waals surface area contributed by atoms with Crippen LogP contribution in [0.4, 0.5) is 0 Å². The number of rotatable bonds is 3. The monoisotopic (exact) mass is 268 g/mol. The molecule has 0 aromatic carbocycles. The normalized spacial score (nSPS) is 18.9. The second-order valence-electron chi connectivity index (χ2n) is 5.47. The minimum atomic E-state index is 0.660. The van der Waals surface area contributed by atoms with Crippen molar-refractivity contribution in [1.82, 2.24) is 20.3 Å². The molecule has 1 atom stereocenters. The molecule has 4 nitrogen and oxygen atoms in total. The van der Waals surface area contributed by atoms with Gasteiger partial charge < -0.3 is 5.32 Å². The lowest BCUT2D eigenvalue weighted by Gasteiger charge is -2.22. The lowest BCUT2D eigenvalue weighted by Crippen LogP contribution is -2.31. The molecule has 0 amide bonds. The van der Waals surface area contributed by atoms with Gasteiger partial charge in [0, 0.05) is 30.1 Å². The molecule has 0 spiro atoms. The number of hydrogen-bond donors (Lipinski definition) is 1. The molecule has 2 aromatic rings. The summed E-state index contributed by atoms with van der Waals surface area (Å²) in [4.78, 5) is 13.5. The summed E-state index contributed by atoms with van der Waals surface area (Å²) in [5.74, 6) is 1.62. The molecule has 0 radical (unpaired) electrons. The summed E-state index contributed by atoms with van der Waals surface area (Å²) in [5, 5.41) is 3.45. The van der Waals surface area contributed by atoms with E-state index >= 15 is 0 Å². The largest absolute Gasteiger partial charge is 0.316 e. The number of aryl methyl sites for hydroxylation is 1. The topological polar surface area (TPSA) is 50.7 Å². The Hall–Kier alpha value is -1.81. The second kappa shape index (κ2) is 6.09. The van der Waals surface area contributed by atoms with E-state index in [9.17, 15) is 0 Å². The highest BCUT2D eigenvalue weighted by Crippen LogP contribution is 2.19. The first-order valence-corrected chi connectivity index (χ1v) is 7.27. The van der Waals surface area contributed by atoms with E-state index in [1.165, 1.54) is 12.8 Å². The molecule has 1 saturated heterocycles. The van der Waals surface area contributed by atoms with Gasteiger partial charge in [-0.3, -0.25) is 4.98 Å². The summed E-state index contributed by atoms with van der Waals surface area (Å²) in [6, 6.07) is 6.01. The Kier molecular flexibility index (Phi) is 4.02. The van der Waals surface area contributed by atoms with Crippen molar-refractivity contribution in [3.8, 4) is 11.3 Å². The molecule has 3 heterocycles. The zero-order chi connectivity index (χ0) is 13.8. The van der Waals surface area contributed by atoms with Crippen molar-refractivity contribution in [3.63, 3.8) is 0 Å². The molecule has 0 saturated carbocycles. The molecule has 1 N–H and O–H groups in total. The van der Waals surface area contributed by atoms with Crippen molar-refractivity contribution in [2.24, 2.45) is 5.92 Å². The van der Waals surface area contributed by atoms with E-state index in [0.29, 0.717) is 5.92 Å². The van der Waals surface area contributed by atoms with Crippen LogP contribution in [0.2, 0.25) is 0 Å². The minimum Gasteiger partial charge on any atom is -0.316 e. The first kappa shape index (κ1) is 13.2. The third kappa shape index (κ3) is 3.20. The summed E-state index contributed by atoms with van der Waals surface area (Å²) in [7, 11) is 0. The number of piperidine rings is 1. The number of nitrogens with one attached hydrogen (secondary N) is 1. The molecular formula is C16H20N4. The summed E-state index contributed by atoms with van der Waals surface area (Å²) >= 11 is 0. The third-order valence-electron chi connectivity index (χ3n) is 3.73. The molecule has 1 aliphatic rings. The van der Waals surface area contributed by atoms with Crippen LogP contribution in [0.5, 0.6) is 0 Å². The Morgan fingerprint density at radius 1 is 1.35 bits per heavy atom. The van der Waals surface area contributed by atoms with Crippen LogP contribution in [0.3, 0.4) is 0 Å². The van der Waals surface area contributed by atoms with Gasteiger partial charge in [0.1, 0.15) is 5.82 Å². The van der Waals surface area contributed by atoms with Crippen molar-refractivity contribution in [1.29, 1.82) is 0 Å². The molecule has 0 aliphatic carbocycles. The molecule has 3 rings (SSSR count). The molecule has 104 valence electrons. The molecule has 1 unspecified atom stereocenters. The highest BCUT2D eigenvalue weighted by atomic mass is 14.9. The van der Waals surface area contributed by atoms with Crippen molar-refractivity contribution >= 4 is 0 Å². The van der Waals surface area contributed by atoms with Crippen LogP contribution in [-0.2, 0) is 6.42 Å². The Morgan fingerprint density at radius 2 is 2.30 bits per heavy atom. The molecule has 0 bridgehead atoms. The molecular weight excluding hydrogens is 248 g/mol. The Bertz CT molecular complexity index is 562. The minimum absolute atomic E-state index is 0.660. The SMILES string of the molecule is Cc1cc(-c2cccnc2)nc(CC2CCCNC2)n1. The van der Waals surface area contributed by atoms with Gasteiger partial charge in [-0.2, -0.15) is 0 Å². The average molecular weight is 268 g/mol. The lowest BCUT2D eigenvalue weighted by atomic mass is 9.96. The van der Waals surface area contributed by atoms with Gasteiger partial charge in [0.2, 0.25) is 0 Å². The fraction of sp³-hybridized carbons (Fsp3) is 0.438. The first-order chi connectivity index (χ1) is 9.81. The highest BCUT2D eigenvalue weighted by molar-refractivity contribution is 5.57. The highest BCUT2D eigenvalue weighted by Gasteiger charge is 2.15. The molecule has 20 heavy (non-hydrogen) atoms. The van der Waals surface area contributed by atoms with Gasteiger partial charge in [-0.25, -0.2) is 9.97 Å². The number of nitrogens with zero attached hydrogens (tertiary/aromatic N) is 3. The Balaban J connectivity index is 1.83. The van der Waals surface area contributed by atoms with Crippen LogP contribution in [0, 0.1) is 12.8 Å². The predicted molar refractivity (Wildman–Crippen MR) is 79.3 cm³/mol. The van der Waals surface area contributed by atoms with E-state index in [1.54, 1.807) is 6.20 Å². The van der Waals surface area contributed by atoms with Crippen molar-refractivity contribution in [2.45, 2.75) is 26.2 Å². The van der Waals surface area contributed by atoms with Crippen LogP contribution in [0.25, 0.3) is 11.3 Å². The van der Waals surface area contributed by atoms with E-state index in [-0.39, 0.29) is 0 Å². The van der Waals surface area contributed by atoms with Gasteiger partial charge >= 0.3 is 0 Å². The number of pyridine rings is 1. The van der Waals surface area contributed by atoms with Gasteiger partial charge in [-0.05, 0) is 57.0 Å². The molecule has 2 aromatic heterocycles. The fourth-order valence-corrected chi connectivity index (χ4v) is 2.74. The van der Waals surface area contributed by atoms with Crippen LogP contribution < -0.4 is 5.32 Å². The smallest absolute Gasteiger partial charge is 0.129 e. The first-order valence-electron chi connectivity index (χ1n) is 7.27. The van der Waals surface area contributed by atoms with Gasteiger partial charge in [0.05, 0.1) is 5.69 Å². The molecule has 4 heteroatoms. The zero-order valence-corrected chi connectivity index (χ0v) is 11.8. The number of aromatic nitrogens is 3. The second-order valence-corrected chi connectivity index (χ2v) is 5.47. The van der Waals surface area contributed by atoms with Crippen molar-refractivity contribution < 1.29 is 0 Å². The average Bonchev–Trinajstić information content (AvgIpc) is 2.49. The van der Waals surface area contributed by atoms with Crippen LogP contribution in [-0.4, -0.2) is 28.0 Å². The van der Waals surface area contributed by atoms with Crippen LogP contribution in [0.15, 0.2) is 30.6 Å². The van der Waals surface area contributed by atoms with E-state index < -0.39 is 0 Å². The summed E-state index contributed by atoms with van der Waals surface area (Å²) < 4.78 is 0. The maximum atomic E-state index is 4.72. The van der Waals surface area contributed by atoms with E-state index in [2.05, 4.69) is 15.3 Å². The maximum Gasteiger partial charge on any atom is 0.129 e. The number of hydrogen-bond acceptors (Lipinski definition) is 4. The molecule has 1 fully saturated rings. The van der Waals surface area contributed by atoms with Gasteiger partial charge in [0.15, 0.2) is 0 Å². The third-order valence-corrected chi connectivity index (χ3v) is 3.73. The lowest BCUT2D eigenvalue weighted by molar-refractivity contribution is 0.370. The van der Waals surface area contributed by atoms with Gasteiger partial charge in [-0.1, -0.05) is 0 Å². The Morgan fingerprint density at radius 3 is 3.05 bits per heavy atom. The van der Waals surface area contributed by atoms with E-state index in [1.807, 2.05) is 31.3 Å². The Labute approximate surface area is 119 Å². The van der Waals surface area contributed by atoms with Crippen LogP contribution in [0.1, 0.15) is 24.4 Å². The van der Waals surface area contributed by atoms with E-state index in [4.69, 9.17) is 4.98 Å². The van der Waals surface area contributed by atoms with Crippen LogP contribution >= 0.6 is 0 Å². The predicted octanol–water partition coefficient (Wildman–Crippen LogP) is 2.39. The standard InChI is InChI=1S/C16H20N4/c1-12-8-15(14-5-3-7-18-11-14)20-16(19-12)9-13-4-2-6-17-10-13/h3,5,7-8,11,13,17H,2,4,6,9-10H2,1H3.